The largest absolute Gasteiger partial charge is 0.756 e. The summed E-state index contributed by atoms with van der Waals surface area (Å²) in [6, 6.07) is 0. The van der Waals surface area contributed by atoms with E-state index in [0.29, 0.717) is 0 Å². The molecule has 12 heteroatoms. The number of hydrogen-bond acceptors (Lipinski definition) is 4. The molecule has 0 fully saturated rings. The van der Waals surface area contributed by atoms with Crippen molar-refractivity contribution in [1.82, 2.24) is 0 Å². The zero-order valence-corrected chi connectivity index (χ0v) is 15.1. The molecule has 0 aromatic carbocycles. The predicted molar refractivity (Wildman–Crippen MR) is 74.0 cm³/mol. The Bertz CT molecular complexity index is 376. The molecule has 0 aliphatic carbocycles. The maximum Gasteiger partial charge on any atom is 0.424 e. The summed E-state index contributed by atoms with van der Waals surface area (Å²) >= 11 is 0. The number of quaternary nitrogens is 1. The molecule has 24 heavy (non-hydrogen) atoms. The lowest BCUT2D eigenvalue weighted by Crippen LogP contribution is -2.44. The molecule has 5 nitrogen and oxygen atoms in total. The van der Waals surface area contributed by atoms with Crippen LogP contribution in [0, 0.1) is 0 Å². The van der Waals surface area contributed by atoms with Gasteiger partial charge in [0.05, 0.1) is 33.3 Å². The van der Waals surface area contributed by atoms with Gasteiger partial charge in [-0.3, -0.25) is 9.09 Å². The van der Waals surface area contributed by atoms with Crippen molar-refractivity contribution in [3.8, 4) is 0 Å². The summed E-state index contributed by atoms with van der Waals surface area (Å²) in [7, 11) is -3.34. The third kappa shape index (κ3) is 10.5. The van der Waals surface area contributed by atoms with E-state index in [2.05, 4.69) is 36.9 Å². The third-order valence-corrected chi connectivity index (χ3v) is 4.45. The van der Waals surface area contributed by atoms with Crippen molar-refractivity contribution in [3.63, 3.8) is 0 Å². The molecule has 0 aliphatic rings. The summed E-state index contributed by atoms with van der Waals surface area (Å²) in [4.78, 5) is 10.5. The first-order chi connectivity index (χ1) is 10.6. The molecule has 0 bridgehead atoms. The lowest BCUT2D eigenvalue weighted by molar-refractivity contribution is -0.904. The van der Waals surface area contributed by atoms with Crippen LogP contribution in [-0.2, 0) is 13.6 Å². The number of phosphoric acid groups is 1. The molecular formula is C12H24F6NO4P. The van der Waals surface area contributed by atoms with Crippen LogP contribution in [0.4, 0.5) is 26.3 Å². The Morgan fingerprint density at radius 1 is 0.958 bits per heavy atom. The number of hydrogen-bond donors (Lipinski definition) is 0. The predicted octanol–water partition coefficient (Wildman–Crippen LogP) is 3.49. The first kappa shape index (κ1) is 25.9. The number of nitrogens with zero attached hydrogens (tertiary/aromatic N) is 1. The van der Waals surface area contributed by atoms with E-state index in [0.717, 1.165) is 6.92 Å². The molecule has 0 radical (unpaired) electrons. The summed E-state index contributed by atoms with van der Waals surface area (Å²) in [6.45, 7) is 10.9. The monoisotopic (exact) mass is 391 g/mol. The van der Waals surface area contributed by atoms with E-state index < -0.39 is 32.9 Å². The Kier molecular flexibility index (Phi) is 10.7. The smallest absolute Gasteiger partial charge is 0.424 e. The summed E-state index contributed by atoms with van der Waals surface area (Å²) in [5.41, 5.74) is 0. The van der Waals surface area contributed by atoms with Gasteiger partial charge in [-0.25, -0.2) is 0 Å². The minimum Gasteiger partial charge on any atom is -0.756 e. The molecule has 0 N–H and O–H groups in total. The van der Waals surface area contributed by atoms with Crippen LogP contribution in [0.3, 0.4) is 0 Å². The third-order valence-electron chi connectivity index (χ3n) is 3.41. The number of rotatable bonds is 7. The maximum absolute atomic E-state index is 11.8. The van der Waals surface area contributed by atoms with Crippen molar-refractivity contribution in [2.24, 2.45) is 0 Å². The van der Waals surface area contributed by atoms with Crippen molar-refractivity contribution in [2.75, 3.05) is 33.3 Å². The van der Waals surface area contributed by atoms with E-state index in [1.54, 1.807) is 0 Å². The number of halogens is 6. The van der Waals surface area contributed by atoms with Crippen molar-refractivity contribution in [2.45, 2.75) is 46.2 Å². The Balaban J connectivity index is 0. The first-order valence-corrected chi connectivity index (χ1v) is 8.65. The topological polar surface area (TPSA) is 58.6 Å². The van der Waals surface area contributed by atoms with Crippen molar-refractivity contribution < 1.29 is 49.3 Å². The van der Waals surface area contributed by atoms with Gasteiger partial charge in [-0.15, -0.1) is 0 Å². The van der Waals surface area contributed by atoms with Crippen LogP contribution >= 0.6 is 7.82 Å². The van der Waals surface area contributed by atoms with Crippen LogP contribution in [-0.4, -0.2) is 56.2 Å². The van der Waals surface area contributed by atoms with Crippen molar-refractivity contribution in [3.05, 3.63) is 0 Å². The van der Waals surface area contributed by atoms with Crippen LogP contribution in [0.5, 0.6) is 0 Å². The highest BCUT2D eigenvalue weighted by molar-refractivity contribution is 7.45. The molecular weight excluding hydrogens is 367 g/mol. The first-order valence-electron chi connectivity index (χ1n) is 7.19. The highest BCUT2D eigenvalue weighted by Gasteiger charge is 2.59. The highest BCUT2D eigenvalue weighted by atomic mass is 31.2. The summed E-state index contributed by atoms with van der Waals surface area (Å²) in [6.07, 6.45) is -16.2. The lowest BCUT2D eigenvalue weighted by atomic mass is 10.3. The van der Waals surface area contributed by atoms with Gasteiger partial charge < -0.3 is 13.9 Å². The van der Waals surface area contributed by atoms with Gasteiger partial charge in [-0.1, -0.05) is 0 Å². The van der Waals surface area contributed by atoms with E-state index in [1.165, 1.54) is 24.1 Å². The molecule has 1 unspecified atom stereocenters. The quantitative estimate of drug-likeness (QED) is 0.379. The minimum atomic E-state index is -5.89. The molecule has 0 rings (SSSR count). The minimum absolute atomic E-state index is 0.636. The van der Waals surface area contributed by atoms with E-state index in [9.17, 15) is 35.8 Å². The Morgan fingerprint density at radius 2 is 1.29 bits per heavy atom. The van der Waals surface area contributed by atoms with Crippen LogP contribution < -0.4 is 4.89 Å². The fourth-order valence-electron chi connectivity index (χ4n) is 1.29. The standard InChI is InChI=1S/C7H18N.C5H7F6O4P/c1-5-8(4,6-2)7-3;1-2-14-16(12,13)15-3(4(6,7)8)5(9,10)11/h5-7H2,1-4H3;3H,2H2,1H3,(H,12,13)/q+1;/p-1. The van der Waals surface area contributed by atoms with Gasteiger partial charge in [0, 0.05) is 0 Å². The molecule has 0 aromatic rings. The molecule has 1 atom stereocenters. The van der Waals surface area contributed by atoms with E-state index in [-0.39, 0.29) is 0 Å². The van der Waals surface area contributed by atoms with E-state index >= 15 is 0 Å². The molecule has 0 aliphatic heterocycles. The second kappa shape index (κ2) is 9.96. The summed E-state index contributed by atoms with van der Waals surface area (Å²) in [5, 5.41) is 0. The van der Waals surface area contributed by atoms with Crippen molar-refractivity contribution >= 4 is 7.82 Å². The van der Waals surface area contributed by atoms with Crippen molar-refractivity contribution in [1.29, 1.82) is 0 Å². The molecule has 0 saturated heterocycles. The Labute approximate surface area is 137 Å². The molecule has 148 valence electrons. The van der Waals surface area contributed by atoms with Crippen LogP contribution in [0.15, 0.2) is 0 Å². The number of alkyl halides is 6. The van der Waals surface area contributed by atoms with Crippen LogP contribution in [0.1, 0.15) is 27.7 Å². The van der Waals surface area contributed by atoms with Crippen LogP contribution in [0.25, 0.3) is 0 Å². The summed E-state index contributed by atoms with van der Waals surface area (Å²) < 4.78 is 89.2. The van der Waals surface area contributed by atoms with Gasteiger partial charge in [-0.05, 0) is 27.7 Å². The molecule has 0 heterocycles. The number of phosphoric ester groups is 1. The molecule has 0 amide bonds. The van der Waals surface area contributed by atoms with Gasteiger partial charge in [0.15, 0.2) is 0 Å². The summed E-state index contributed by atoms with van der Waals surface area (Å²) in [5.74, 6) is 0. The average molecular weight is 391 g/mol. The Morgan fingerprint density at radius 3 is 1.46 bits per heavy atom. The molecule has 0 spiro atoms. The second-order valence-electron chi connectivity index (χ2n) is 5.00. The zero-order chi connectivity index (χ0) is 19.8. The van der Waals surface area contributed by atoms with E-state index in [1.807, 2.05) is 0 Å². The van der Waals surface area contributed by atoms with Gasteiger partial charge in [-0.2, -0.15) is 26.3 Å². The normalized spacial score (nSPS) is 15.7. The second-order valence-corrected chi connectivity index (χ2v) is 6.37. The molecule has 0 aromatic heterocycles. The lowest BCUT2D eigenvalue weighted by Gasteiger charge is -2.30. The van der Waals surface area contributed by atoms with Gasteiger partial charge >= 0.3 is 12.4 Å². The van der Waals surface area contributed by atoms with Gasteiger partial charge in [0.1, 0.15) is 0 Å². The average Bonchev–Trinajstić information content (AvgIpc) is 2.42. The molecule has 0 saturated carbocycles. The zero-order valence-electron chi connectivity index (χ0n) is 14.2. The van der Waals surface area contributed by atoms with Crippen LogP contribution in [0.2, 0.25) is 0 Å². The fraction of sp³-hybridized carbons (Fsp3) is 1.00. The fourth-order valence-corrected chi connectivity index (χ4v) is 2.17. The van der Waals surface area contributed by atoms with Gasteiger partial charge in [0.2, 0.25) is 0 Å². The Hall–Kier alpha value is -0.350. The maximum atomic E-state index is 11.8. The highest BCUT2D eigenvalue weighted by Crippen LogP contribution is 2.47. The van der Waals surface area contributed by atoms with E-state index in [4.69, 9.17) is 0 Å². The van der Waals surface area contributed by atoms with Gasteiger partial charge in [0.25, 0.3) is 13.9 Å². The SMILES string of the molecule is CCOP(=O)([O-])OC(C(F)(F)F)C(F)(F)F.CC[N+](C)(CC)CC.